The molecule has 6 heteroatoms. The van der Waals surface area contributed by atoms with E-state index in [2.05, 4.69) is 10.2 Å². The van der Waals surface area contributed by atoms with Gasteiger partial charge in [0, 0.05) is 6.42 Å². The van der Waals surface area contributed by atoms with Crippen LogP contribution in [-0.2, 0) is 12.8 Å². The van der Waals surface area contributed by atoms with E-state index in [1.807, 2.05) is 0 Å². The lowest BCUT2D eigenvalue weighted by molar-refractivity contribution is 0.0651. The Morgan fingerprint density at radius 2 is 1.94 bits per heavy atom. The standard InChI is InChI=1S/C11H9FN2O3/c12-8-4-1-7(2-5-8)3-6-9-13-14-10(17-9)11(15)16/h1-2,4-5H,3,6H2,(H,15,16). The van der Waals surface area contributed by atoms with Crippen LogP contribution >= 0.6 is 0 Å². The van der Waals surface area contributed by atoms with E-state index in [9.17, 15) is 9.18 Å². The first-order valence-corrected chi connectivity index (χ1v) is 4.95. The molecule has 5 nitrogen and oxygen atoms in total. The van der Waals surface area contributed by atoms with Crippen molar-refractivity contribution in [3.63, 3.8) is 0 Å². The van der Waals surface area contributed by atoms with Gasteiger partial charge in [0.25, 0.3) is 0 Å². The van der Waals surface area contributed by atoms with E-state index in [0.717, 1.165) is 5.56 Å². The van der Waals surface area contributed by atoms with Gasteiger partial charge >= 0.3 is 11.9 Å². The minimum atomic E-state index is -1.24. The van der Waals surface area contributed by atoms with Gasteiger partial charge in [-0.15, -0.1) is 10.2 Å². The lowest BCUT2D eigenvalue weighted by Crippen LogP contribution is -1.95. The third-order valence-electron chi connectivity index (χ3n) is 2.19. The minimum absolute atomic E-state index is 0.256. The number of carboxylic acids is 1. The normalized spacial score (nSPS) is 10.4. The quantitative estimate of drug-likeness (QED) is 0.874. The second-order valence-corrected chi connectivity index (χ2v) is 3.43. The fraction of sp³-hybridized carbons (Fsp3) is 0.182. The Labute approximate surface area is 95.9 Å². The van der Waals surface area contributed by atoms with Crippen molar-refractivity contribution < 1.29 is 18.7 Å². The van der Waals surface area contributed by atoms with Crippen LogP contribution in [0.4, 0.5) is 4.39 Å². The average Bonchev–Trinajstić information content (AvgIpc) is 2.77. The first-order valence-electron chi connectivity index (χ1n) is 4.95. The number of aryl methyl sites for hydroxylation is 2. The van der Waals surface area contributed by atoms with E-state index in [4.69, 9.17) is 9.52 Å². The fourth-order valence-corrected chi connectivity index (χ4v) is 1.34. The summed E-state index contributed by atoms with van der Waals surface area (Å²) in [5.74, 6) is -1.70. The van der Waals surface area contributed by atoms with Gasteiger partial charge < -0.3 is 9.52 Å². The van der Waals surface area contributed by atoms with Gasteiger partial charge in [0.2, 0.25) is 5.89 Å². The lowest BCUT2D eigenvalue weighted by Gasteiger charge is -1.97. The summed E-state index contributed by atoms with van der Waals surface area (Å²) < 4.78 is 17.5. The predicted octanol–water partition coefficient (Wildman–Crippen LogP) is 1.69. The molecule has 0 aliphatic carbocycles. The largest absolute Gasteiger partial charge is 0.474 e. The van der Waals surface area contributed by atoms with Crippen LogP contribution in [0.5, 0.6) is 0 Å². The molecular weight excluding hydrogens is 227 g/mol. The van der Waals surface area contributed by atoms with Crippen molar-refractivity contribution in [3.8, 4) is 0 Å². The zero-order valence-corrected chi connectivity index (χ0v) is 8.76. The highest BCUT2D eigenvalue weighted by molar-refractivity contribution is 5.81. The second-order valence-electron chi connectivity index (χ2n) is 3.43. The molecule has 2 aromatic rings. The molecule has 2 rings (SSSR count). The third kappa shape index (κ3) is 2.87. The summed E-state index contributed by atoms with van der Waals surface area (Å²) in [6, 6.07) is 6.05. The van der Waals surface area contributed by atoms with Gasteiger partial charge in [0.1, 0.15) is 5.82 Å². The van der Waals surface area contributed by atoms with Crippen molar-refractivity contribution in [1.82, 2.24) is 10.2 Å². The molecule has 0 radical (unpaired) electrons. The molecule has 0 fully saturated rings. The van der Waals surface area contributed by atoms with Crippen molar-refractivity contribution in [2.75, 3.05) is 0 Å². The first kappa shape index (κ1) is 11.3. The van der Waals surface area contributed by atoms with Gasteiger partial charge in [-0.3, -0.25) is 0 Å². The van der Waals surface area contributed by atoms with E-state index in [1.54, 1.807) is 12.1 Å². The number of hydrogen-bond donors (Lipinski definition) is 1. The number of carbonyl (C=O) groups is 1. The third-order valence-corrected chi connectivity index (χ3v) is 2.19. The molecule has 1 heterocycles. The Kier molecular flexibility index (Phi) is 3.13. The van der Waals surface area contributed by atoms with E-state index in [-0.39, 0.29) is 11.7 Å². The summed E-state index contributed by atoms with van der Waals surface area (Å²) in [6.07, 6.45) is 1.01. The van der Waals surface area contributed by atoms with E-state index in [1.165, 1.54) is 12.1 Å². The molecule has 17 heavy (non-hydrogen) atoms. The van der Waals surface area contributed by atoms with Gasteiger partial charge in [0.05, 0.1) is 0 Å². The van der Waals surface area contributed by atoms with Crippen LogP contribution in [0, 0.1) is 5.82 Å². The van der Waals surface area contributed by atoms with Crippen LogP contribution in [0.25, 0.3) is 0 Å². The van der Waals surface area contributed by atoms with Crippen molar-refractivity contribution in [3.05, 3.63) is 47.4 Å². The summed E-state index contributed by atoms with van der Waals surface area (Å²) in [6.45, 7) is 0. The number of aromatic nitrogens is 2. The molecule has 0 saturated carbocycles. The van der Waals surface area contributed by atoms with Gasteiger partial charge in [-0.2, -0.15) is 0 Å². The zero-order valence-electron chi connectivity index (χ0n) is 8.76. The highest BCUT2D eigenvalue weighted by Gasteiger charge is 2.12. The zero-order chi connectivity index (χ0) is 12.3. The molecule has 0 aliphatic heterocycles. The topological polar surface area (TPSA) is 76.2 Å². The summed E-state index contributed by atoms with van der Waals surface area (Å²) in [7, 11) is 0. The van der Waals surface area contributed by atoms with E-state index >= 15 is 0 Å². The van der Waals surface area contributed by atoms with Crippen molar-refractivity contribution in [1.29, 1.82) is 0 Å². The first-order chi connectivity index (χ1) is 8.15. The van der Waals surface area contributed by atoms with Crippen LogP contribution in [0.2, 0.25) is 0 Å². The molecule has 0 amide bonds. The molecule has 0 aliphatic rings. The maximum absolute atomic E-state index is 12.6. The predicted molar refractivity (Wildman–Crippen MR) is 55.1 cm³/mol. The van der Waals surface area contributed by atoms with Crippen molar-refractivity contribution >= 4 is 5.97 Å². The molecule has 0 spiro atoms. The number of nitrogens with zero attached hydrogens (tertiary/aromatic N) is 2. The maximum Gasteiger partial charge on any atom is 0.393 e. The van der Waals surface area contributed by atoms with Crippen molar-refractivity contribution in [2.24, 2.45) is 0 Å². The number of rotatable bonds is 4. The molecule has 1 aromatic carbocycles. The molecule has 0 saturated heterocycles. The Bertz CT molecular complexity index is 522. The minimum Gasteiger partial charge on any atom is -0.474 e. The summed E-state index contributed by atoms with van der Waals surface area (Å²) in [5.41, 5.74) is 0.918. The Morgan fingerprint density at radius 3 is 2.53 bits per heavy atom. The fourth-order valence-electron chi connectivity index (χ4n) is 1.34. The number of aromatic carboxylic acids is 1. The van der Waals surface area contributed by atoms with E-state index in [0.29, 0.717) is 12.8 Å². The Balaban J connectivity index is 1.97. The maximum atomic E-state index is 12.6. The monoisotopic (exact) mass is 236 g/mol. The van der Waals surface area contributed by atoms with Crippen LogP contribution in [-0.4, -0.2) is 21.3 Å². The Morgan fingerprint density at radius 1 is 1.24 bits per heavy atom. The van der Waals surface area contributed by atoms with Gasteiger partial charge in [0.15, 0.2) is 0 Å². The molecular formula is C11H9FN2O3. The number of carboxylic acid groups (broad SMARTS) is 1. The second kappa shape index (κ2) is 4.73. The van der Waals surface area contributed by atoms with E-state index < -0.39 is 11.9 Å². The number of halogens is 1. The molecule has 1 N–H and O–H groups in total. The van der Waals surface area contributed by atoms with Crippen LogP contribution in [0.1, 0.15) is 22.1 Å². The summed E-state index contributed by atoms with van der Waals surface area (Å²) >= 11 is 0. The molecule has 0 atom stereocenters. The number of benzene rings is 1. The summed E-state index contributed by atoms with van der Waals surface area (Å²) in [4.78, 5) is 10.5. The smallest absolute Gasteiger partial charge is 0.393 e. The van der Waals surface area contributed by atoms with Crippen LogP contribution in [0.15, 0.2) is 28.7 Å². The highest BCUT2D eigenvalue weighted by atomic mass is 19.1. The number of hydrogen-bond acceptors (Lipinski definition) is 4. The van der Waals surface area contributed by atoms with Crippen LogP contribution in [0.3, 0.4) is 0 Å². The van der Waals surface area contributed by atoms with Gasteiger partial charge in [-0.25, -0.2) is 9.18 Å². The molecule has 88 valence electrons. The highest BCUT2D eigenvalue weighted by Crippen LogP contribution is 2.08. The van der Waals surface area contributed by atoms with Crippen molar-refractivity contribution in [2.45, 2.75) is 12.8 Å². The van der Waals surface area contributed by atoms with Gasteiger partial charge in [-0.05, 0) is 24.1 Å². The Hall–Kier alpha value is -2.24. The van der Waals surface area contributed by atoms with Gasteiger partial charge in [-0.1, -0.05) is 12.1 Å². The SMILES string of the molecule is O=C(O)c1nnc(CCc2ccc(F)cc2)o1. The molecule has 0 bridgehead atoms. The average molecular weight is 236 g/mol. The summed E-state index contributed by atoms with van der Waals surface area (Å²) in [5, 5.41) is 15.5. The molecule has 1 aromatic heterocycles. The molecule has 0 unspecified atom stereocenters. The lowest BCUT2D eigenvalue weighted by atomic mass is 10.1. The van der Waals surface area contributed by atoms with Crippen LogP contribution < -0.4 is 0 Å².